The second-order valence-electron chi connectivity index (χ2n) is 6.78. The van der Waals surface area contributed by atoms with Crippen molar-refractivity contribution >= 4 is 46.9 Å². The van der Waals surface area contributed by atoms with E-state index in [2.05, 4.69) is 10.6 Å². The van der Waals surface area contributed by atoms with Gasteiger partial charge in [0, 0.05) is 23.4 Å². The summed E-state index contributed by atoms with van der Waals surface area (Å²) < 4.78 is 9.67. The maximum atomic E-state index is 12.4. The Morgan fingerprint density at radius 1 is 0.848 bits per heavy atom. The van der Waals surface area contributed by atoms with Crippen LogP contribution in [0.1, 0.15) is 33.2 Å². The highest BCUT2D eigenvalue weighted by Crippen LogP contribution is 2.23. The fraction of sp³-hybridized carbons (Fsp3) is 0.125. The van der Waals surface area contributed by atoms with Crippen LogP contribution in [0.4, 0.5) is 10.5 Å². The van der Waals surface area contributed by atoms with Crippen LogP contribution in [0.5, 0.6) is 5.75 Å². The number of hydrogen-bond donors (Lipinski definition) is 2. The van der Waals surface area contributed by atoms with E-state index in [1.807, 2.05) is 6.07 Å². The van der Waals surface area contributed by atoms with Crippen molar-refractivity contribution < 1.29 is 23.9 Å². The number of carbonyl (C=O) groups is 3. The Balaban J connectivity index is 1.56. The smallest absolute Gasteiger partial charge is 0.434 e. The second kappa shape index (κ2) is 11.4. The van der Waals surface area contributed by atoms with Gasteiger partial charge in [-0.25, -0.2) is 4.79 Å². The lowest BCUT2D eigenvalue weighted by atomic mass is 10.1. The van der Waals surface area contributed by atoms with Crippen molar-refractivity contribution in [1.29, 1.82) is 0 Å². The lowest BCUT2D eigenvalue weighted by Gasteiger charge is -2.10. The van der Waals surface area contributed by atoms with Crippen molar-refractivity contribution in [3.05, 3.63) is 93.5 Å². The molecule has 3 aromatic rings. The predicted octanol–water partition coefficient (Wildman–Crippen LogP) is 5.71. The summed E-state index contributed by atoms with van der Waals surface area (Å²) in [6.45, 7) is 2.13. The Kier molecular flexibility index (Phi) is 8.29. The number of rotatable bonds is 7. The van der Waals surface area contributed by atoms with Gasteiger partial charge in [-0.15, -0.1) is 0 Å². The Bertz CT molecular complexity index is 1170. The molecule has 9 heteroatoms. The fourth-order valence-electron chi connectivity index (χ4n) is 2.80. The van der Waals surface area contributed by atoms with Gasteiger partial charge < -0.3 is 20.1 Å². The van der Waals surface area contributed by atoms with Gasteiger partial charge in [0.15, 0.2) is 0 Å². The highest BCUT2D eigenvalue weighted by molar-refractivity contribution is 6.42. The number of halogens is 2. The van der Waals surface area contributed by atoms with Crippen LogP contribution in [-0.4, -0.2) is 24.6 Å². The molecule has 0 radical (unpaired) electrons. The third-order valence-electron chi connectivity index (χ3n) is 4.40. The molecule has 3 rings (SSSR count). The molecule has 0 heterocycles. The van der Waals surface area contributed by atoms with Crippen molar-refractivity contribution in [2.24, 2.45) is 0 Å². The first-order chi connectivity index (χ1) is 15.9. The molecule has 0 atom stereocenters. The van der Waals surface area contributed by atoms with E-state index in [0.717, 1.165) is 5.56 Å². The first-order valence-corrected chi connectivity index (χ1v) is 10.7. The molecule has 170 valence electrons. The molecule has 2 amide bonds. The summed E-state index contributed by atoms with van der Waals surface area (Å²) in [7, 11) is 0. The van der Waals surface area contributed by atoms with Gasteiger partial charge >= 0.3 is 6.16 Å². The van der Waals surface area contributed by atoms with Gasteiger partial charge in [-0.05, 0) is 67.1 Å². The summed E-state index contributed by atoms with van der Waals surface area (Å²) in [5.41, 5.74) is 2.13. The van der Waals surface area contributed by atoms with E-state index in [-0.39, 0.29) is 30.7 Å². The van der Waals surface area contributed by atoms with Crippen molar-refractivity contribution in [1.82, 2.24) is 5.32 Å². The van der Waals surface area contributed by atoms with Gasteiger partial charge in [0.2, 0.25) is 0 Å². The quantitative estimate of drug-likeness (QED) is 0.329. The van der Waals surface area contributed by atoms with E-state index in [0.29, 0.717) is 26.9 Å². The van der Waals surface area contributed by atoms with Crippen LogP contribution in [0.25, 0.3) is 0 Å². The van der Waals surface area contributed by atoms with Gasteiger partial charge in [0.1, 0.15) is 5.75 Å². The lowest BCUT2D eigenvalue weighted by Crippen LogP contribution is -2.22. The zero-order chi connectivity index (χ0) is 23.8. The Morgan fingerprint density at radius 2 is 1.58 bits per heavy atom. The predicted molar refractivity (Wildman–Crippen MR) is 126 cm³/mol. The highest BCUT2D eigenvalue weighted by Gasteiger charge is 2.11. The molecule has 0 fully saturated rings. The molecule has 0 aliphatic heterocycles. The molecule has 0 unspecified atom stereocenters. The van der Waals surface area contributed by atoms with Crippen LogP contribution in [0.2, 0.25) is 10.0 Å². The number of carbonyl (C=O) groups excluding carboxylic acids is 3. The zero-order valence-electron chi connectivity index (χ0n) is 17.6. The molecule has 0 bridgehead atoms. The van der Waals surface area contributed by atoms with Crippen LogP contribution in [0.15, 0.2) is 66.7 Å². The molecule has 33 heavy (non-hydrogen) atoms. The normalized spacial score (nSPS) is 10.3. The first-order valence-electron chi connectivity index (χ1n) is 9.94. The molecule has 0 spiro atoms. The third-order valence-corrected chi connectivity index (χ3v) is 5.14. The highest BCUT2D eigenvalue weighted by atomic mass is 35.5. The average molecular weight is 487 g/mol. The monoisotopic (exact) mass is 486 g/mol. The summed E-state index contributed by atoms with van der Waals surface area (Å²) in [4.78, 5) is 36.2. The first kappa shape index (κ1) is 24.1. The van der Waals surface area contributed by atoms with Gasteiger partial charge in [-0.3, -0.25) is 9.59 Å². The number of hydrogen-bond acceptors (Lipinski definition) is 5. The Morgan fingerprint density at radius 3 is 2.27 bits per heavy atom. The second-order valence-corrected chi connectivity index (χ2v) is 7.59. The summed E-state index contributed by atoms with van der Waals surface area (Å²) in [5, 5.41) is 6.26. The van der Waals surface area contributed by atoms with Gasteiger partial charge in [-0.2, -0.15) is 0 Å². The van der Waals surface area contributed by atoms with Crippen LogP contribution < -0.4 is 15.4 Å². The fourth-order valence-corrected chi connectivity index (χ4v) is 3.10. The van der Waals surface area contributed by atoms with E-state index >= 15 is 0 Å². The van der Waals surface area contributed by atoms with E-state index < -0.39 is 6.16 Å². The van der Waals surface area contributed by atoms with Gasteiger partial charge in [-0.1, -0.05) is 35.3 Å². The van der Waals surface area contributed by atoms with Gasteiger partial charge in [0.05, 0.1) is 16.7 Å². The van der Waals surface area contributed by atoms with E-state index in [1.54, 1.807) is 37.3 Å². The molecule has 0 aliphatic rings. The van der Waals surface area contributed by atoms with Gasteiger partial charge in [0.25, 0.3) is 11.8 Å². The number of amides is 2. The molecule has 0 aliphatic carbocycles. The van der Waals surface area contributed by atoms with E-state index in [4.69, 9.17) is 32.7 Å². The number of nitrogens with one attached hydrogen (secondary N) is 2. The lowest BCUT2D eigenvalue weighted by molar-refractivity contribution is 0.0950. The molecule has 0 aromatic heterocycles. The standard InChI is InChI=1S/C24H20Cl2N2O5/c1-2-32-24(31)33-19-9-6-16(7-10-19)22(29)27-14-15-4-3-5-18(12-15)28-23(30)17-8-11-20(25)21(26)13-17/h3-13H,2,14H2,1H3,(H,27,29)(H,28,30). The van der Waals surface area contributed by atoms with Crippen molar-refractivity contribution in [3.8, 4) is 5.75 Å². The molecule has 2 N–H and O–H groups in total. The SMILES string of the molecule is CCOC(=O)Oc1ccc(C(=O)NCc2cccc(NC(=O)c3ccc(Cl)c(Cl)c3)c2)cc1. The van der Waals surface area contributed by atoms with E-state index in [1.165, 1.54) is 30.3 Å². The molecule has 7 nitrogen and oxygen atoms in total. The maximum absolute atomic E-state index is 12.4. The zero-order valence-corrected chi connectivity index (χ0v) is 19.1. The Hall–Kier alpha value is -3.55. The van der Waals surface area contributed by atoms with Crippen LogP contribution in [-0.2, 0) is 11.3 Å². The summed E-state index contributed by atoms with van der Waals surface area (Å²) in [6.07, 6.45) is -0.805. The van der Waals surface area contributed by atoms with Crippen molar-refractivity contribution in [2.45, 2.75) is 13.5 Å². The van der Waals surface area contributed by atoms with Crippen LogP contribution in [0, 0.1) is 0 Å². The molecule has 3 aromatic carbocycles. The molecule has 0 saturated carbocycles. The minimum absolute atomic E-state index is 0.208. The topological polar surface area (TPSA) is 93.7 Å². The maximum Gasteiger partial charge on any atom is 0.513 e. The Labute approximate surface area is 200 Å². The number of benzene rings is 3. The number of anilines is 1. The van der Waals surface area contributed by atoms with E-state index in [9.17, 15) is 14.4 Å². The molecule has 0 saturated heterocycles. The summed E-state index contributed by atoms with van der Waals surface area (Å²) in [5.74, 6) is -0.363. The minimum Gasteiger partial charge on any atom is -0.434 e. The summed E-state index contributed by atoms with van der Waals surface area (Å²) in [6, 6.07) is 17.8. The van der Waals surface area contributed by atoms with Crippen LogP contribution in [0.3, 0.4) is 0 Å². The van der Waals surface area contributed by atoms with Crippen LogP contribution >= 0.6 is 23.2 Å². The largest absolute Gasteiger partial charge is 0.513 e. The number of ether oxygens (including phenoxy) is 2. The van der Waals surface area contributed by atoms with Crippen molar-refractivity contribution in [2.75, 3.05) is 11.9 Å². The third kappa shape index (κ3) is 6.97. The minimum atomic E-state index is -0.805. The van der Waals surface area contributed by atoms with Crippen molar-refractivity contribution in [3.63, 3.8) is 0 Å². The molecular weight excluding hydrogens is 467 g/mol. The molecular formula is C24H20Cl2N2O5. The average Bonchev–Trinajstić information content (AvgIpc) is 2.80. The summed E-state index contributed by atoms with van der Waals surface area (Å²) >= 11 is 11.9.